The summed E-state index contributed by atoms with van der Waals surface area (Å²) < 4.78 is 10.7. The highest BCUT2D eigenvalue weighted by molar-refractivity contribution is 8.00. The van der Waals surface area contributed by atoms with E-state index in [2.05, 4.69) is 71.3 Å². The average Bonchev–Trinajstić information content (AvgIpc) is 3.54. The van der Waals surface area contributed by atoms with Crippen LogP contribution in [0.4, 0.5) is 10.5 Å². The lowest BCUT2D eigenvalue weighted by atomic mass is 9.84. The van der Waals surface area contributed by atoms with Crippen LogP contribution in [0.5, 0.6) is 0 Å². The number of ether oxygens (including phenoxy) is 1. The van der Waals surface area contributed by atoms with Gasteiger partial charge >= 0.3 is 11.7 Å². The van der Waals surface area contributed by atoms with Gasteiger partial charge in [0, 0.05) is 34.9 Å². The third kappa shape index (κ3) is 7.16. The number of hydrogen-bond donors (Lipinski definition) is 2. The zero-order chi connectivity index (χ0) is 37.8. The Kier molecular flexibility index (Phi) is 10.1. The van der Waals surface area contributed by atoms with Gasteiger partial charge in [-0.3, -0.25) is 4.79 Å². The van der Waals surface area contributed by atoms with Crippen LogP contribution in [-0.4, -0.2) is 30.4 Å². The van der Waals surface area contributed by atoms with Crippen LogP contribution in [0.25, 0.3) is 22.1 Å². The van der Waals surface area contributed by atoms with E-state index in [4.69, 9.17) is 9.15 Å². The fraction of sp³-hybridized carbons (Fsp3) is 0.128. The van der Waals surface area contributed by atoms with Crippen molar-refractivity contribution in [2.45, 2.75) is 23.6 Å². The van der Waals surface area contributed by atoms with Gasteiger partial charge in [0.2, 0.25) is 5.91 Å². The second-order valence-electron chi connectivity index (χ2n) is 13.6. The molecule has 0 unspecified atom stereocenters. The van der Waals surface area contributed by atoms with E-state index in [0.29, 0.717) is 11.3 Å². The second-order valence-corrected chi connectivity index (χ2v) is 14.8. The molecule has 2 amide bonds. The summed E-state index contributed by atoms with van der Waals surface area (Å²) in [4.78, 5) is 40.3. The van der Waals surface area contributed by atoms with Crippen molar-refractivity contribution in [3.8, 4) is 11.1 Å². The van der Waals surface area contributed by atoms with Crippen molar-refractivity contribution in [3.63, 3.8) is 0 Å². The van der Waals surface area contributed by atoms with Crippen LogP contribution in [0.2, 0.25) is 0 Å². The molecule has 1 heterocycles. The van der Waals surface area contributed by atoms with Crippen LogP contribution in [0.1, 0.15) is 39.3 Å². The van der Waals surface area contributed by atoms with Crippen molar-refractivity contribution in [2.24, 2.45) is 0 Å². The van der Waals surface area contributed by atoms with Crippen LogP contribution in [0.3, 0.4) is 0 Å². The van der Waals surface area contributed by atoms with Crippen molar-refractivity contribution in [2.75, 3.05) is 17.7 Å². The van der Waals surface area contributed by atoms with E-state index in [9.17, 15) is 14.4 Å². The third-order valence-electron chi connectivity index (χ3n) is 10.2. The monoisotopic (exact) mass is 742 g/mol. The highest BCUT2D eigenvalue weighted by atomic mass is 32.2. The first kappa shape index (κ1) is 35.6. The Morgan fingerprint density at radius 1 is 0.709 bits per heavy atom. The Bertz CT molecular complexity index is 2400. The van der Waals surface area contributed by atoms with Crippen molar-refractivity contribution in [3.05, 3.63) is 208 Å². The molecule has 0 saturated heterocycles. The summed E-state index contributed by atoms with van der Waals surface area (Å²) in [5, 5.41) is 6.66. The number of nitrogens with one attached hydrogen (secondary N) is 2. The Morgan fingerprint density at radius 3 is 1.80 bits per heavy atom. The maximum atomic E-state index is 14.3. The minimum atomic E-state index is -1.03. The molecule has 1 aliphatic carbocycles. The van der Waals surface area contributed by atoms with Gasteiger partial charge in [0.05, 0.1) is 4.75 Å². The van der Waals surface area contributed by atoms with E-state index in [-0.39, 0.29) is 18.3 Å². The molecule has 272 valence electrons. The Morgan fingerprint density at radius 2 is 1.24 bits per heavy atom. The molecule has 0 fully saturated rings. The van der Waals surface area contributed by atoms with Crippen LogP contribution < -0.4 is 16.3 Å². The Labute approximate surface area is 323 Å². The average molecular weight is 743 g/mol. The zero-order valence-electron chi connectivity index (χ0n) is 30.1. The van der Waals surface area contributed by atoms with Gasteiger partial charge in [-0.2, -0.15) is 0 Å². The Hall–Kier alpha value is -6.38. The number of amides is 2. The number of alkyl carbamates (subject to hydrolysis) is 1. The molecular weight excluding hydrogens is 705 g/mol. The molecule has 8 rings (SSSR count). The predicted octanol–water partition coefficient (Wildman–Crippen LogP) is 9.67. The van der Waals surface area contributed by atoms with Crippen LogP contribution >= 0.6 is 11.8 Å². The second kappa shape index (κ2) is 15.5. The number of rotatable bonds is 11. The first-order chi connectivity index (χ1) is 26.9. The molecule has 1 aromatic heterocycles. The highest BCUT2D eigenvalue weighted by Gasteiger charge is 2.39. The molecule has 0 saturated carbocycles. The topological polar surface area (TPSA) is 97.6 Å². The lowest BCUT2D eigenvalue weighted by Gasteiger charge is -2.36. The van der Waals surface area contributed by atoms with E-state index in [0.717, 1.165) is 49.9 Å². The van der Waals surface area contributed by atoms with Crippen molar-refractivity contribution in [1.82, 2.24) is 5.32 Å². The standard InChI is InChI=1S/C47H38N2O5S/c1-31-27-44(50)54-43-28-35(25-26-36(31)43)48-45(51)42(49-46(52)53-29-41-39-23-13-11-21-37(39)38-22-12-14-24-40(38)41)30-55-47(32-15-5-2-6-16-32,33-17-7-3-8-18-33)34-19-9-4-10-20-34/h2-28,41-42H,29-30H2,1H3,(H,48,51)(H,49,52)/t42-/m0/s1. The molecule has 0 radical (unpaired) electrons. The molecule has 0 bridgehead atoms. The summed E-state index contributed by atoms with van der Waals surface area (Å²) in [5.41, 5.74) is 8.60. The molecule has 1 atom stereocenters. The lowest BCUT2D eigenvalue weighted by Crippen LogP contribution is -2.47. The normalized spacial score (nSPS) is 12.7. The van der Waals surface area contributed by atoms with Crippen molar-refractivity contribution < 1.29 is 18.7 Å². The summed E-state index contributed by atoms with van der Waals surface area (Å²) in [6.45, 7) is 1.94. The van der Waals surface area contributed by atoms with Gasteiger partial charge in [-0.1, -0.05) is 140 Å². The summed E-state index contributed by atoms with van der Waals surface area (Å²) in [6, 6.07) is 52.4. The van der Waals surface area contributed by atoms with Gasteiger partial charge in [-0.25, -0.2) is 9.59 Å². The minimum absolute atomic E-state index is 0.104. The van der Waals surface area contributed by atoms with Gasteiger partial charge < -0.3 is 19.8 Å². The van der Waals surface area contributed by atoms with Crippen molar-refractivity contribution >= 4 is 40.4 Å². The molecular formula is C47H38N2O5S. The van der Waals surface area contributed by atoms with Gasteiger partial charge in [0.15, 0.2) is 0 Å². The minimum Gasteiger partial charge on any atom is -0.449 e. The third-order valence-corrected chi connectivity index (χ3v) is 11.8. The summed E-state index contributed by atoms with van der Waals surface area (Å²) in [7, 11) is 0. The quantitative estimate of drug-likeness (QED) is 0.101. The molecule has 8 heteroatoms. The van der Waals surface area contributed by atoms with Gasteiger partial charge in [0.1, 0.15) is 18.2 Å². The zero-order valence-corrected chi connectivity index (χ0v) is 30.9. The fourth-order valence-electron chi connectivity index (χ4n) is 7.57. The van der Waals surface area contributed by atoms with E-state index in [1.54, 1.807) is 30.0 Å². The largest absolute Gasteiger partial charge is 0.449 e. The van der Waals surface area contributed by atoms with E-state index >= 15 is 0 Å². The number of aryl methyl sites for hydroxylation is 1. The molecule has 7 aromatic rings. The number of thioether (sulfide) groups is 1. The SMILES string of the molecule is Cc1cc(=O)oc2cc(NC(=O)[C@H](CSC(c3ccccc3)(c3ccccc3)c3ccccc3)NC(=O)OCC3c4ccccc4-c4ccccc43)ccc12. The number of fused-ring (bicyclic) bond motifs is 4. The molecule has 0 spiro atoms. The number of hydrogen-bond acceptors (Lipinski definition) is 6. The van der Waals surface area contributed by atoms with E-state index in [1.807, 2.05) is 85.8 Å². The van der Waals surface area contributed by atoms with Gasteiger partial charge in [-0.05, 0) is 63.6 Å². The molecule has 55 heavy (non-hydrogen) atoms. The maximum absolute atomic E-state index is 14.3. The first-order valence-corrected chi connectivity index (χ1v) is 19.2. The molecule has 7 nitrogen and oxygen atoms in total. The van der Waals surface area contributed by atoms with Crippen LogP contribution in [0, 0.1) is 6.92 Å². The number of carbonyl (C=O) groups excluding carboxylic acids is 2. The fourth-order valence-corrected chi connectivity index (χ4v) is 9.13. The number of anilines is 1. The number of benzene rings is 6. The van der Waals surface area contributed by atoms with E-state index < -0.39 is 28.4 Å². The van der Waals surface area contributed by atoms with Crippen LogP contribution in [-0.2, 0) is 14.3 Å². The first-order valence-electron chi connectivity index (χ1n) is 18.2. The smallest absolute Gasteiger partial charge is 0.407 e. The summed E-state index contributed by atoms with van der Waals surface area (Å²) in [5.74, 6) is -0.410. The van der Waals surface area contributed by atoms with E-state index in [1.165, 1.54) is 6.07 Å². The van der Waals surface area contributed by atoms with Crippen LogP contribution in [0.15, 0.2) is 173 Å². The molecule has 2 N–H and O–H groups in total. The Balaban J connectivity index is 1.11. The molecule has 0 aliphatic heterocycles. The number of carbonyl (C=O) groups is 2. The maximum Gasteiger partial charge on any atom is 0.407 e. The highest BCUT2D eigenvalue weighted by Crippen LogP contribution is 2.49. The van der Waals surface area contributed by atoms with Crippen molar-refractivity contribution in [1.29, 1.82) is 0 Å². The predicted molar refractivity (Wildman–Crippen MR) is 220 cm³/mol. The van der Waals surface area contributed by atoms with Gasteiger partial charge in [0.25, 0.3) is 0 Å². The lowest BCUT2D eigenvalue weighted by molar-refractivity contribution is -0.117. The van der Waals surface area contributed by atoms with Gasteiger partial charge in [-0.15, -0.1) is 11.8 Å². The molecule has 1 aliphatic rings. The summed E-state index contributed by atoms with van der Waals surface area (Å²) in [6.07, 6.45) is -0.701. The molecule has 6 aromatic carbocycles. The summed E-state index contributed by atoms with van der Waals surface area (Å²) >= 11 is 1.56.